The van der Waals surface area contributed by atoms with Crippen LogP contribution < -0.4 is 10.6 Å². The molecule has 2 aromatic rings. The number of nitriles is 1. The maximum Gasteiger partial charge on any atom is 0.414 e. The standard InChI is InChI=1S/C16H14BrN5O4/c1-2-26-16(23)21(9-11-5-3-4-10(6-11)8-18)12-7-13(17)20-15(19)14(12)22(24)25/h3-7H,2,9H2,1H3,(H2,19,20). The molecule has 0 atom stereocenters. The predicted molar refractivity (Wildman–Crippen MR) is 97.4 cm³/mol. The van der Waals surface area contributed by atoms with Gasteiger partial charge in [0.2, 0.25) is 5.82 Å². The summed E-state index contributed by atoms with van der Waals surface area (Å²) in [5, 5.41) is 20.5. The SMILES string of the molecule is CCOC(=O)N(Cc1cccc(C#N)c1)c1cc(Br)nc(N)c1[N+](=O)[O-]. The monoisotopic (exact) mass is 419 g/mol. The Morgan fingerprint density at radius 1 is 1.50 bits per heavy atom. The van der Waals surface area contributed by atoms with Crippen LogP contribution >= 0.6 is 15.9 Å². The summed E-state index contributed by atoms with van der Waals surface area (Å²) in [5.41, 5.74) is 6.10. The lowest BCUT2D eigenvalue weighted by Crippen LogP contribution is -2.32. The third-order valence-corrected chi connectivity index (χ3v) is 3.73. The summed E-state index contributed by atoms with van der Waals surface area (Å²) in [6.45, 7) is 1.66. The van der Waals surface area contributed by atoms with Crippen LogP contribution in [0, 0.1) is 21.4 Å². The first-order valence-electron chi connectivity index (χ1n) is 7.41. The van der Waals surface area contributed by atoms with Crippen LogP contribution in [-0.4, -0.2) is 22.6 Å². The molecule has 0 unspecified atom stereocenters. The number of nitrogens with zero attached hydrogens (tertiary/aromatic N) is 4. The van der Waals surface area contributed by atoms with E-state index in [0.29, 0.717) is 11.1 Å². The molecule has 0 aliphatic rings. The number of pyridine rings is 1. The number of nitrogen functional groups attached to an aromatic ring is 1. The summed E-state index contributed by atoms with van der Waals surface area (Å²) in [6, 6.07) is 9.86. The van der Waals surface area contributed by atoms with Gasteiger partial charge in [0.25, 0.3) is 0 Å². The molecular formula is C16H14BrN5O4. The van der Waals surface area contributed by atoms with Crippen molar-refractivity contribution in [3.63, 3.8) is 0 Å². The number of nitro groups is 1. The Morgan fingerprint density at radius 3 is 2.85 bits per heavy atom. The Kier molecular flexibility index (Phi) is 6.08. The van der Waals surface area contributed by atoms with Crippen LogP contribution in [-0.2, 0) is 11.3 Å². The van der Waals surface area contributed by atoms with E-state index in [4.69, 9.17) is 15.7 Å². The molecule has 2 rings (SSSR count). The molecule has 1 aromatic heterocycles. The lowest BCUT2D eigenvalue weighted by Gasteiger charge is -2.22. The van der Waals surface area contributed by atoms with E-state index in [0.717, 1.165) is 4.90 Å². The predicted octanol–water partition coefficient (Wildman–Crippen LogP) is 3.37. The van der Waals surface area contributed by atoms with Crippen molar-refractivity contribution in [1.82, 2.24) is 4.98 Å². The molecule has 0 aliphatic carbocycles. The summed E-state index contributed by atoms with van der Waals surface area (Å²) >= 11 is 3.13. The first kappa shape index (κ1) is 19.1. The van der Waals surface area contributed by atoms with Crippen LogP contribution in [0.3, 0.4) is 0 Å². The van der Waals surface area contributed by atoms with E-state index in [2.05, 4.69) is 20.9 Å². The number of halogens is 1. The maximum absolute atomic E-state index is 12.4. The van der Waals surface area contributed by atoms with E-state index in [1.165, 1.54) is 6.07 Å². The topological polar surface area (TPSA) is 135 Å². The fraction of sp³-hybridized carbons (Fsp3) is 0.188. The number of ether oxygens (including phenoxy) is 1. The molecule has 0 saturated heterocycles. The van der Waals surface area contributed by atoms with Gasteiger partial charge in [0.05, 0.1) is 29.7 Å². The number of anilines is 2. The van der Waals surface area contributed by atoms with Crippen LogP contribution in [0.4, 0.5) is 22.0 Å². The Bertz CT molecular complexity index is 897. The van der Waals surface area contributed by atoms with Gasteiger partial charge in [0, 0.05) is 6.07 Å². The molecule has 0 saturated carbocycles. The lowest BCUT2D eigenvalue weighted by molar-refractivity contribution is -0.383. The lowest BCUT2D eigenvalue weighted by atomic mass is 10.1. The minimum atomic E-state index is -0.782. The number of rotatable bonds is 5. The summed E-state index contributed by atoms with van der Waals surface area (Å²) in [5.74, 6) is -0.334. The molecule has 134 valence electrons. The summed E-state index contributed by atoms with van der Waals surface area (Å²) in [4.78, 5) is 28.1. The van der Waals surface area contributed by atoms with Crippen LogP contribution in [0.25, 0.3) is 0 Å². The van der Waals surface area contributed by atoms with Crippen LogP contribution in [0.2, 0.25) is 0 Å². The van der Waals surface area contributed by atoms with E-state index in [1.54, 1.807) is 31.2 Å². The molecule has 9 nitrogen and oxygen atoms in total. The number of carbonyl (C=O) groups excluding carboxylic acids is 1. The number of amides is 1. The van der Waals surface area contributed by atoms with Gasteiger partial charge in [-0.05, 0) is 40.5 Å². The van der Waals surface area contributed by atoms with E-state index in [-0.39, 0.29) is 29.3 Å². The van der Waals surface area contributed by atoms with Crippen molar-refractivity contribution in [3.05, 3.63) is 56.2 Å². The zero-order valence-electron chi connectivity index (χ0n) is 13.7. The van der Waals surface area contributed by atoms with Crippen LogP contribution in [0.1, 0.15) is 18.1 Å². The quantitative estimate of drug-likeness (QED) is 0.445. The Balaban J connectivity index is 2.57. The minimum Gasteiger partial charge on any atom is -0.449 e. The first-order chi connectivity index (χ1) is 12.4. The second kappa shape index (κ2) is 8.26. The number of benzene rings is 1. The van der Waals surface area contributed by atoms with Gasteiger partial charge in [-0.2, -0.15) is 5.26 Å². The Morgan fingerprint density at radius 2 is 2.23 bits per heavy atom. The smallest absolute Gasteiger partial charge is 0.414 e. The average Bonchev–Trinajstić information content (AvgIpc) is 2.58. The molecule has 0 bridgehead atoms. The number of carbonyl (C=O) groups is 1. The average molecular weight is 420 g/mol. The van der Waals surface area contributed by atoms with Gasteiger partial charge in [-0.1, -0.05) is 12.1 Å². The van der Waals surface area contributed by atoms with Gasteiger partial charge in [0.1, 0.15) is 10.3 Å². The van der Waals surface area contributed by atoms with E-state index >= 15 is 0 Å². The van der Waals surface area contributed by atoms with E-state index in [9.17, 15) is 14.9 Å². The minimum absolute atomic E-state index is 0.0505. The van der Waals surface area contributed by atoms with Crippen molar-refractivity contribution in [2.45, 2.75) is 13.5 Å². The van der Waals surface area contributed by atoms with Crippen molar-refractivity contribution in [2.24, 2.45) is 0 Å². The highest BCUT2D eigenvalue weighted by Gasteiger charge is 2.29. The van der Waals surface area contributed by atoms with Gasteiger partial charge in [-0.3, -0.25) is 15.0 Å². The molecule has 2 N–H and O–H groups in total. The number of hydrogen-bond acceptors (Lipinski definition) is 7. The van der Waals surface area contributed by atoms with Crippen molar-refractivity contribution < 1.29 is 14.5 Å². The van der Waals surface area contributed by atoms with E-state index in [1.807, 2.05) is 6.07 Å². The largest absolute Gasteiger partial charge is 0.449 e. The van der Waals surface area contributed by atoms with Gasteiger partial charge in [-0.25, -0.2) is 9.78 Å². The molecule has 1 amide bonds. The molecule has 0 aliphatic heterocycles. The summed E-state index contributed by atoms with van der Waals surface area (Å²) in [6.07, 6.45) is -0.782. The molecule has 0 spiro atoms. The highest BCUT2D eigenvalue weighted by Crippen LogP contribution is 2.36. The second-order valence-electron chi connectivity index (χ2n) is 5.05. The third kappa shape index (κ3) is 4.25. The number of hydrogen-bond donors (Lipinski definition) is 1. The fourth-order valence-corrected chi connectivity index (χ4v) is 2.68. The zero-order valence-corrected chi connectivity index (χ0v) is 15.3. The van der Waals surface area contributed by atoms with Gasteiger partial charge in [0.15, 0.2) is 0 Å². The van der Waals surface area contributed by atoms with Crippen LogP contribution in [0.15, 0.2) is 34.9 Å². The van der Waals surface area contributed by atoms with E-state index < -0.39 is 16.7 Å². The molecule has 0 radical (unpaired) electrons. The van der Waals surface area contributed by atoms with Gasteiger partial charge < -0.3 is 10.5 Å². The second-order valence-corrected chi connectivity index (χ2v) is 5.86. The van der Waals surface area contributed by atoms with Gasteiger partial charge in [-0.15, -0.1) is 0 Å². The highest BCUT2D eigenvalue weighted by atomic mass is 79.9. The molecule has 1 aromatic carbocycles. The Hall–Kier alpha value is -3.19. The maximum atomic E-state index is 12.4. The normalized spacial score (nSPS) is 10.0. The Labute approximate surface area is 157 Å². The van der Waals surface area contributed by atoms with Gasteiger partial charge >= 0.3 is 11.8 Å². The number of nitrogens with two attached hydrogens (primary N) is 1. The highest BCUT2D eigenvalue weighted by molar-refractivity contribution is 9.10. The van der Waals surface area contributed by atoms with Crippen molar-refractivity contribution in [3.8, 4) is 6.07 Å². The van der Waals surface area contributed by atoms with Crippen molar-refractivity contribution >= 4 is 39.2 Å². The number of aromatic nitrogens is 1. The molecule has 1 heterocycles. The first-order valence-corrected chi connectivity index (χ1v) is 8.20. The fourth-order valence-electron chi connectivity index (χ4n) is 2.28. The van der Waals surface area contributed by atoms with Crippen molar-refractivity contribution in [2.75, 3.05) is 17.2 Å². The van der Waals surface area contributed by atoms with Crippen molar-refractivity contribution in [1.29, 1.82) is 5.26 Å². The molecular weight excluding hydrogens is 406 g/mol. The molecule has 0 fully saturated rings. The zero-order chi connectivity index (χ0) is 19.3. The van der Waals surface area contributed by atoms with Crippen LogP contribution in [0.5, 0.6) is 0 Å². The summed E-state index contributed by atoms with van der Waals surface area (Å²) in [7, 11) is 0. The molecule has 10 heteroatoms. The molecule has 26 heavy (non-hydrogen) atoms. The third-order valence-electron chi connectivity index (χ3n) is 3.33. The summed E-state index contributed by atoms with van der Waals surface area (Å²) < 4.78 is 5.26.